The smallest absolute Gasteiger partial charge is 0.230 e. The number of nitrogens with one attached hydrogen (secondary N) is 1. The Kier molecular flexibility index (Phi) is 6.27. The molecule has 2 aliphatic rings. The molecule has 0 spiro atoms. The molecule has 1 aromatic carbocycles. The molecule has 4 rings (SSSR count). The van der Waals surface area contributed by atoms with Crippen molar-refractivity contribution in [2.45, 2.75) is 32.6 Å². The first-order valence-electron chi connectivity index (χ1n) is 10.4. The van der Waals surface area contributed by atoms with Crippen molar-refractivity contribution in [1.82, 2.24) is 9.97 Å². The van der Waals surface area contributed by atoms with Crippen LogP contribution in [0.4, 0.5) is 17.3 Å². The average Bonchev–Trinajstić information content (AvgIpc) is 2.75. The molecule has 1 saturated carbocycles. The predicted molar refractivity (Wildman–Crippen MR) is 111 cm³/mol. The van der Waals surface area contributed by atoms with E-state index in [-0.39, 0.29) is 0 Å². The number of anilines is 3. The van der Waals surface area contributed by atoms with Gasteiger partial charge in [-0.1, -0.05) is 19.8 Å². The van der Waals surface area contributed by atoms with Crippen LogP contribution in [-0.4, -0.2) is 42.9 Å². The van der Waals surface area contributed by atoms with Crippen LogP contribution in [0.2, 0.25) is 0 Å². The maximum atomic E-state index is 5.95. The number of hydrogen-bond acceptors (Lipinski definition) is 6. The van der Waals surface area contributed by atoms with Crippen LogP contribution in [0.25, 0.3) is 0 Å². The van der Waals surface area contributed by atoms with Gasteiger partial charge in [-0.25, -0.2) is 4.98 Å². The summed E-state index contributed by atoms with van der Waals surface area (Å²) in [5, 5.41) is 3.27. The van der Waals surface area contributed by atoms with Crippen molar-refractivity contribution >= 4 is 17.3 Å². The molecule has 2 fully saturated rings. The monoisotopic (exact) mass is 382 g/mol. The van der Waals surface area contributed by atoms with Gasteiger partial charge in [0.05, 0.1) is 19.8 Å². The van der Waals surface area contributed by atoms with Gasteiger partial charge in [-0.15, -0.1) is 0 Å². The van der Waals surface area contributed by atoms with Gasteiger partial charge in [0.2, 0.25) is 11.8 Å². The number of rotatable bonds is 6. The maximum Gasteiger partial charge on any atom is 0.230 e. The van der Waals surface area contributed by atoms with Gasteiger partial charge in [-0.3, -0.25) is 0 Å². The lowest BCUT2D eigenvalue weighted by molar-refractivity contribution is 0.122. The van der Waals surface area contributed by atoms with Crippen molar-refractivity contribution in [3.05, 3.63) is 36.5 Å². The molecule has 1 aliphatic carbocycles. The summed E-state index contributed by atoms with van der Waals surface area (Å²) in [5.74, 6) is 2.71. The predicted octanol–water partition coefficient (Wildman–Crippen LogP) is 4.26. The maximum absolute atomic E-state index is 5.95. The van der Waals surface area contributed by atoms with E-state index in [1.807, 2.05) is 6.07 Å². The van der Waals surface area contributed by atoms with E-state index in [2.05, 4.69) is 51.4 Å². The third-order valence-corrected chi connectivity index (χ3v) is 5.73. The summed E-state index contributed by atoms with van der Waals surface area (Å²) >= 11 is 0. The molecule has 0 unspecified atom stereocenters. The van der Waals surface area contributed by atoms with Crippen LogP contribution in [-0.2, 0) is 4.74 Å². The summed E-state index contributed by atoms with van der Waals surface area (Å²) in [6, 6.07) is 10.2. The molecule has 150 valence electrons. The molecule has 2 heterocycles. The molecule has 0 radical (unpaired) electrons. The summed E-state index contributed by atoms with van der Waals surface area (Å²) in [6.45, 7) is 6.55. The number of nitrogens with zero attached hydrogens (tertiary/aromatic N) is 3. The Labute approximate surface area is 167 Å². The highest BCUT2D eigenvalue weighted by Crippen LogP contribution is 2.28. The van der Waals surface area contributed by atoms with Crippen LogP contribution in [0.15, 0.2) is 36.5 Å². The summed E-state index contributed by atoms with van der Waals surface area (Å²) in [4.78, 5) is 11.2. The minimum atomic E-state index is 0.564. The molecule has 0 bridgehead atoms. The molecule has 1 aliphatic heterocycles. The normalized spacial score (nSPS) is 22.7. The standard InChI is InChI=1S/C22H30N4O2/c1-17-2-4-18(5-3-17)16-28-21-10-11-23-22(25-21)24-19-6-8-20(9-7-19)26-12-14-27-15-13-26/h6-11,17-18H,2-5,12-16H2,1H3,(H,23,24,25)/t17-,18-. The number of hydrogen-bond donors (Lipinski definition) is 1. The molecule has 1 saturated heterocycles. The Morgan fingerprint density at radius 3 is 2.57 bits per heavy atom. The average molecular weight is 383 g/mol. The van der Waals surface area contributed by atoms with E-state index in [0.717, 1.165) is 44.5 Å². The zero-order valence-electron chi connectivity index (χ0n) is 16.6. The zero-order chi connectivity index (χ0) is 19.2. The van der Waals surface area contributed by atoms with Crippen molar-refractivity contribution < 1.29 is 9.47 Å². The number of aromatic nitrogens is 2. The van der Waals surface area contributed by atoms with Crippen LogP contribution >= 0.6 is 0 Å². The third kappa shape index (κ3) is 5.13. The van der Waals surface area contributed by atoms with Gasteiger partial charge in [0.25, 0.3) is 0 Å². The summed E-state index contributed by atoms with van der Waals surface area (Å²) in [5.41, 5.74) is 2.18. The Balaban J connectivity index is 1.31. The molecule has 0 amide bonds. The van der Waals surface area contributed by atoms with Crippen molar-refractivity contribution in [2.24, 2.45) is 11.8 Å². The van der Waals surface area contributed by atoms with Crippen LogP contribution < -0.4 is 15.0 Å². The quantitative estimate of drug-likeness (QED) is 0.805. The molecule has 28 heavy (non-hydrogen) atoms. The fourth-order valence-corrected chi connectivity index (χ4v) is 3.89. The Bertz CT molecular complexity index is 738. The topological polar surface area (TPSA) is 59.5 Å². The Morgan fingerprint density at radius 2 is 1.82 bits per heavy atom. The van der Waals surface area contributed by atoms with Gasteiger partial charge in [0.1, 0.15) is 0 Å². The summed E-state index contributed by atoms with van der Waals surface area (Å²) in [7, 11) is 0. The molecular weight excluding hydrogens is 352 g/mol. The van der Waals surface area contributed by atoms with Gasteiger partial charge in [-0.05, 0) is 48.9 Å². The first-order valence-corrected chi connectivity index (χ1v) is 10.4. The third-order valence-electron chi connectivity index (χ3n) is 5.73. The van der Waals surface area contributed by atoms with Crippen molar-refractivity contribution in [3.8, 4) is 5.88 Å². The van der Waals surface area contributed by atoms with E-state index in [4.69, 9.17) is 9.47 Å². The second-order valence-corrected chi connectivity index (χ2v) is 7.93. The van der Waals surface area contributed by atoms with Gasteiger partial charge >= 0.3 is 0 Å². The van der Waals surface area contributed by atoms with Crippen LogP contribution in [0.1, 0.15) is 32.6 Å². The lowest BCUT2D eigenvalue weighted by atomic mass is 9.83. The first-order chi connectivity index (χ1) is 13.8. The molecule has 6 heteroatoms. The highest BCUT2D eigenvalue weighted by Gasteiger charge is 2.19. The molecular formula is C22H30N4O2. The van der Waals surface area contributed by atoms with Gasteiger partial charge in [-0.2, -0.15) is 4.98 Å². The number of morpholine rings is 1. The van der Waals surface area contributed by atoms with Crippen LogP contribution in [0.3, 0.4) is 0 Å². The fraction of sp³-hybridized carbons (Fsp3) is 0.545. The largest absolute Gasteiger partial charge is 0.477 e. The van der Waals surface area contributed by atoms with E-state index in [1.54, 1.807) is 6.20 Å². The van der Waals surface area contributed by atoms with Gasteiger partial charge in [0, 0.05) is 36.7 Å². The van der Waals surface area contributed by atoms with Crippen molar-refractivity contribution in [1.29, 1.82) is 0 Å². The number of benzene rings is 1. The molecule has 0 atom stereocenters. The van der Waals surface area contributed by atoms with Gasteiger partial charge in [0.15, 0.2) is 0 Å². The van der Waals surface area contributed by atoms with Crippen molar-refractivity contribution in [2.75, 3.05) is 43.1 Å². The molecule has 1 N–H and O–H groups in total. The van der Waals surface area contributed by atoms with Crippen molar-refractivity contribution in [3.63, 3.8) is 0 Å². The first kappa shape index (κ1) is 19.0. The summed E-state index contributed by atoms with van der Waals surface area (Å²) < 4.78 is 11.4. The second kappa shape index (κ2) is 9.24. The zero-order valence-corrected chi connectivity index (χ0v) is 16.6. The lowest BCUT2D eigenvalue weighted by Crippen LogP contribution is -2.36. The minimum absolute atomic E-state index is 0.564. The van der Waals surface area contributed by atoms with Crippen LogP contribution in [0.5, 0.6) is 5.88 Å². The van der Waals surface area contributed by atoms with Gasteiger partial charge < -0.3 is 19.7 Å². The SMILES string of the molecule is C[C@H]1CC[C@H](COc2ccnc(Nc3ccc(N4CCOCC4)cc3)n2)CC1. The van der Waals surface area contributed by atoms with E-state index < -0.39 is 0 Å². The van der Waals surface area contributed by atoms with E-state index in [9.17, 15) is 0 Å². The number of ether oxygens (including phenoxy) is 2. The molecule has 6 nitrogen and oxygen atoms in total. The second-order valence-electron chi connectivity index (χ2n) is 7.93. The van der Waals surface area contributed by atoms with E-state index in [1.165, 1.54) is 31.4 Å². The highest BCUT2D eigenvalue weighted by atomic mass is 16.5. The molecule has 1 aromatic heterocycles. The highest BCUT2D eigenvalue weighted by molar-refractivity contribution is 5.59. The van der Waals surface area contributed by atoms with E-state index >= 15 is 0 Å². The molecule has 2 aromatic rings. The van der Waals surface area contributed by atoms with E-state index in [0.29, 0.717) is 17.7 Å². The van der Waals surface area contributed by atoms with Crippen LogP contribution in [0, 0.1) is 11.8 Å². The Morgan fingerprint density at radius 1 is 1.07 bits per heavy atom. The summed E-state index contributed by atoms with van der Waals surface area (Å²) in [6.07, 6.45) is 6.88. The Hall–Kier alpha value is -2.34. The fourth-order valence-electron chi connectivity index (χ4n) is 3.89. The minimum Gasteiger partial charge on any atom is -0.477 e. The lowest BCUT2D eigenvalue weighted by Gasteiger charge is -2.28.